The molecule has 0 aliphatic rings. The Morgan fingerprint density at radius 1 is 1.20 bits per heavy atom. The summed E-state index contributed by atoms with van der Waals surface area (Å²) in [4.78, 5) is 25.2. The molecule has 1 aromatic rings. The van der Waals surface area contributed by atoms with Crippen LogP contribution in [0.25, 0.3) is 6.08 Å². The van der Waals surface area contributed by atoms with Gasteiger partial charge in [0.05, 0.1) is 18.7 Å². The molecule has 1 aromatic carbocycles. The largest absolute Gasteiger partial charge is 0.491 e. The van der Waals surface area contributed by atoms with E-state index in [0.717, 1.165) is 0 Å². The van der Waals surface area contributed by atoms with Gasteiger partial charge in [-0.15, -0.1) is 0 Å². The Labute approximate surface area is 153 Å². The van der Waals surface area contributed by atoms with Crippen molar-refractivity contribution in [3.63, 3.8) is 0 Å². The van der Waals surface area contributed by atoms with Gasteiger partial charge in [-0.25, -0.2) is 4.79 Å². The van der Waals surface area contributed by atoms with Crippen molar-refractivity contribution in [3.8, 4) is 11.5 Å². The number of hydrogen-bond acceptors (Lipinski definition) is 5. The van der Waals surface area contributed by atoms with Crippen LogP contribution in [0.3, 0.4) is 0 Å². The van der Waals surface area contributed by atoms with E-state index in [4.69, 9.17) is 25.8 Å². The Hall–Kier alpha value is -2.21. The van der Waals surface area contributed by atoms with Gasteiger partial charge in [-0.3, -0.25) is 4.79 Å². The van der Waals surface area contributed by atoms with E-state index >= 15 is 0 Å². The zero-order valence-electron chi connectivity index (χ0n) is 15.0. The first-order valence-corrected chi connectivity index (χ1v) is 8.47. The maximum absolute atomic E-state index is 11.8. The molecule has 1 rings (SSSR count). The Morgan fingerprint density at radius 3 is 2.44 bits per heavy atom. The number of ether oxygens (including phenoxy) is 3. The summed E-state index contributed by atoms with van der Waals surface area (Å²) in [5, 5.41) is 0.373. The van der Waals surface area contributed by atoms with E-state index in [-0.39, 0.29) is 12.5 Å². The predicted molar refractivity (Wildman–Crippen MR) is 97.1 cm³/mol. The minimum atomic E-state index is -0.606. The van der Waals surface area contributed by atoms with Gasteiger partial charge >= 0.3 is 5.97 Å². The van der Waals surface area contributed by atoms with Crippen LogP contribution in [0.15, 0.2) is 18.2 Å². The van der Waals surface area contributed by atoms with Crippen molar-refractivity contribution >= 4 is 29.6 Å². The SMILES string of the molecule is CCOc1cc(/C=C/C(=O)OCC(=O)N(CC)CC)cc(Cl)c1OC. The van der Waals surface area contributed by atoms with Crippen LogP contribution >= 0.6 is 11.6 Å². The normalized spacial score (nSPS) is 10.6. The summed E-state index contributed by atoms with van der Waals surface area (Å²) in [6.45, 7) is 6.91. The van der Waals surface area contributed by atoms with Crippen LogP contribution in [-0.2, 0) is 14.3 Å². The lowest BCUT2D eigenvalue weighted by Gasteiger charge is -2.17. The molecule has 0 saturated carbocycles. The van der Waals surface area contributed by atoms with E-state index in [1.54, 1.807) is 17.0 Å². The second kappa shape index (κ2) is 10.6. The molecular formula is C18H24ClNO5. The molecule has 138 valence electrons. The molecule has 0 heterocycles. The van der Waals surface area contributed by atoms with Gasteiger partial charge in [0.25, 0.3) is 5.91 Å². The number of nitrogens with zero attached hydrogens (tertiary/aromatic N) is 1. The number of esters is 1. The van der Waals surface area contributed by atoms with Gasteiger partial charge in [0, 0.05) is 19.2 Å². The summed E-state index contributed by atoms with van der Waals surface area (Å²) in [6.07, 6.45) is 2.78. The number of halogens is 1. The van der Waals surface area contributed by atoms with E-state index < -0.39 is 5.97 Å². The fourth-order valence-corrected chi connectivity index (χ4v) is 2.45. The van der Waals surface area contributed by atoms with Crippen LogP contribution in [0.1, 0.15) is 26.3 Å². The fourth-order valence-electron chi connectivity index (χ4n) is 2.16. The number of likely N-dealkylation sites (N-methyl/N-ethyl adjacent to an activating group) is 1. The molecule has 0 N–H and O–H groups in total. The topological polar surface area (TPSA) is 65.1 Å². The van der Waals surface area contributed by atoms with E-state index in [1.165, 1.54) is 19.3 Å². The van der Waals surface area contributed by atoms with Crippen LogP contribution < -0.4 is 9.47 Å². The maximum Gasteiger partial charge on any atom is 0.331 e. The zero-order chi connectivity index (χ0) is 18.8. The van der Waals surface area contributed by atoms with Gasteiger partial charge < -0.3 is 19.1 Å². The Balaban J connectivity index is 2.74. The van der Waals surface area contributed by atoms with Gasteiger partial charge in [0.2, 0.25) is 0 Å². The average Bonchev–Trinajstić information content (AvgIpc) is 2.59. The van der Waals surface area contributed by atoms with E-state index in [1.807, 2.05) is 20.8 Å². The van der Waals surface area contributed by atoms with Crippen LogP contribution in [0.5, 0.6) is 11.5 Å². The van der Waals surface area contributed by atoms with Crippen molar-refractivity contribution in [2.24, 2.45) is 0 Å². The molecule has 7 heteroatoms. The monoisotopic (exact) mass is 369 g/mol. The van der Waals surface area contributed by atoms with E-state index in [9.17, 15) is 9.59 Å². The fraction of sp³-hybridized carbons (Fsp3) is 0.444. The van der Waals surface area contributed by atoms with Gasteiger partial charge in [-0.1, -0.05) is 11.6 Å². The summed E-state index contributed by atoms with van der Waals surface area (Å²) < 4.78 is 15.6. The second-order valence-corrected chi connectivity index (χ2v) is 5.38. The third-order valence-electron chi connectivity index (χ3n) is 3.40. The summed E-state index contributed by atoms with van der Waals surface area (Å²) >= 11 is 6.15. The predicted octanol–water partition coefficient (Wildman–Crippen LogP) is 3.17. The first-order chi connectivity index (χ1) is 12.0. The summed E-state index contributed by atoms with van der Waals surface area (Å²) in [5.74, 6) is 0.0959. The Bertz CT molecular complexity index is 626. The molecule has 0 saturated heterocycles. The summed E-state index contributed by atoms with van der Waals surface area (Å²) in [6, 6.07) is 3.35. The van der Waals surface area contributed by atoms with Gasteiger partial charge in [0.15, 0.2) is 18.1 Å². The van der Waals surface area contributed by atoms with Crippen LogP contribution in [-0.4, -0.2) is 50.2 Å². The highest BCUT2D eigenvalue weighted by Crippen LogP contribution is 2.36. The maximum atomic E-state index is 11.8. The number of carbonyl (C=O) groups excluding carboxylic acids is 2. The lowest BCUT2D eigenvalue weighted by atomic mass is 10.2. The van der Waals surface area contributed by atoms with Crippen molar-refractivity contribution < 1.29 is 23.8 Å². The lowest BCUT2D eigenvalue weighted by molar-refractivity contribution is -0.147. The van der Waals surface area contributed by atoms with Gasteiger partial charge in [-0.2, -0.15) is 0 Å². The highest BCUT2D eigenvalue weighted by Gasteiger charge is 2.12. The molecule has 0 aliphatic heterocycles. The molecule has 0 radical (unpaired) electrons. The van der Waals surface area contributed by atoms with Gasteiger partial charge in [0.1, 0.15) is 0 Å². The number of hydrogen-bond donors (Lipinski definition) is 0. The van der Waals surface area contributed by atoms with Crippen LogP contribution in [0.4, 0.5) is 0 Å². The first kappa shape index (κ1) is 20.8. The molecule has 0 bridgehead atoms. The molecule has 0 unspecified atom stereocenters. The Kier molecular flexibility index (Phi) is 8.84. The number of benzene rings is 1. The molecule has 0 aromatic heterocycles. The summed E-state index contributed by atoms with van der Waals surface area (Å²) in [5.41, 5.74) is 0.654. The number of rotatable bonds is 9. The summed E-state index contributed by atoms with van der Waals surface area (Å²) in [7, 11) is 1.50. The molecule has 0 fully saturated rings. The number of carbonyl (C=O) groups is 2. The Morgan fingerprint density at radius 2 is 1.88 bits per heavy atom. The number of methoxy groups -OCH3 is 1. The van der Waals surface area contributed by atoms with Crippen molar-refractivity contribution in [2.45, 2.75) is 20.8 Å². The highest BCUT2D eigenvalue weighted by atomic mass is 35.5. The smallest absolute Gasteiger partial charge is 0.331 e. The molecule has 0 aliphatic carbocycles. The molecule has 1 amide bonds. The minimum Gasteiger partial charge on any atom is -0.491 e. The second-order valence-electron chi connectivity index (χ2n) is 4.97. The van der Waals surface area contributed by atoms with E-state index in [0.29, 0.717) is 41.8 Å². The average molecular weight is 370 g/mol. The molecule has 0 spiro atoms. The molecule has 6 nitrogen and oxygen atoms in total. The van der Waals surface area contributed by atoms with E-state index in [2.05, 4.69) is 0 Å². The lowest BCUT2D eigenvalue weighted by Crippen LogP contribution is -2.34. The minimum absolute atomic E-state index is 0.224. The van der Waals surface area contributed by atoms with Gasteiger partial charge in [-0.05, 0) is 44.5 Å². The third-order valence-corrected chi connectivity index (χ3v) is 3.68. The highest BCUT2D eigenvalue weighted by molar-refractivity contribution is 6.32. The zero-order valence-corrected chi connectivity index (χ0v) is 15.8. The first-order valence-electron chi connectivity index (χ1n) is 8.09. The standard InChI is InChI=1S/C18H24ClNO5/c1-5-20(6-2)16(21)12-25-17(22)9-8-13-10-14(19)18(23-4)15(11-13)24-7-3/h8-11H,5-7,12H2,1-4H3/b9-8+. The van der Waals surface area contributed by atoms with Crippen LogP contribution in [0, 0.1) is 0 Å². The van der Waals surface area contributed by atoms with Crippen molar-refractivity contribution in [1.29, 1.82) is 0 Å². The molecule has 0 atom stereocenters. The number of amides is 1. The molecular weight excluding hydrogens is 346 g/mol. The quantitative estimate of drug-likeness (QED) is 0.494. The molecule has 25 heavy (non-hydrogen) atoms. The van der Waals surface area contributed by atoms with Crippen molar-refractivity contribution in [3.05, 3.63) is 28.8 Å². The van der Waals surface area contributed by atoms with Crippen molar-refractivity contribution in [1.82, 2.24) is 4.90 Å². The van der Waals surface area contributed by atoms with Crippen molar-refractivity contribution in [2.75, 3.05) is 33.4 Å². The third kappa shape index (κ3) is 6.31. The van der Waals surface area contributed by atoms with Crippen LogP contribution in [0.2, 0.25) is 5.02 Å².